The van der Waals surface area contributed by atoms with Gasteiger partial charge in [-0.05, 0) is 20.8 Å². The Balaban J connectivity index is 2.27. The van der Waals surface area contributed by atoms with Gasteiger partial charge in [-0.15, -0.1) is 11.8 Å². The van der Waals surface area contributed by atoms with Crippen molar-refractivity contribution in [1.29, 1.82) is 0 Å². The third kappa shape index (κ3) is 3.16. The van der Waals surface area contributed by atoms with Gasteiger partial charge in [0.25, 0.3) is 5.91 Å². The van der Waals surface area contributed by atoms with Crippen molar-refractivity contribution in [3.8, 4) is 0 Å². The van der Waals surface area contributed by atoms with Gasteiger partial charge in [0.15, 0.2) is 0 Å². The molecule has 0 bridgehead atoms. The van der Waals surface area contributed by atoms with Crippen molar-refractivity contribution in [3.63, 3.8) is 0 Å². The Labute approximate surface area is 134 Å². The highest BCUT2D eigenvalue weighted by atomic mass is 32.2. The summed E-state index contributed by atoms with van der Waals surface area (Å²) in [5.41, 5.74) is 0.322. The molecule has 1 heterocycles. The van der Waals surface area contributed by atoms with Gasteiger partial charge >= 0.3 is 5.97 Å². The number of amides is 1. The zero-order chi connectivity index (χ0) is 16.3. The summed E-state index contributed by atoms with van der Waals surface area (Å²) in [4.78, 5) is 37.8. The minimum Gasteiger partial charge on any atom is -0.464 e. The molecular formula is C16H19NO4S. The van der Waals surface area contributed by atoms with Gasteiger partial charge in [-0.25, -0.2) is 4.79 Å². The average molecular weight is 321 g/mol. The first kappa shape index (κ1) is 16.5. The first-order valence-electron chi connectivity index (χ1n) is 7.12. The lowest BCUT2D eigenvalue weighted by Crippen LogP contribution is -2.52. The third-order valence-electron chi connectivity index (χ3n) is 3.49. The molecule has 6 heteroatoms. The summed E-state index contributed by atoms with van der Waals surface area (Å²) in [6.07, 6.45) is 0. The molecule has 0 saturated carbocycles. The molecule has 0 unspecified atom stereocenters. The Kier molecular flexibility index (Phi) is 4.90. The average Bonchev–Trinajstić information content (AvgIpc) is 2.82. The highest BCUT2D eigenvalue weighted by Gasteiger charge is 2.48. The molecule has 1 aliphatic rings. The van der Waals surface area contributed by atoms with Crippen molar-refractivity contribution in [2.75, 3.05) is 12.4 Å². The van der Waals surface area contributed by atoms with Crippen LogP contribution in [-0.4, -0.2) is 45.8 Å². The maximum absolute atomic E-state index is 12.6. The fourth-order valence-corrected chi connectivity index (χ4v) is 3.62. The van der Waals surface area contributed by atoms with Crippen LogP contribution in [0.4, 0.5) is 0 Å². The van der Waals surface area contributed by atoms with E-state index in [1.54, 1.807) is 37.3 Å². The highest BCUT2D eigenvalue weighted by Crippen LogP contribution is 2.39. The van der Waals surface area contributed by atoms with Crippen LogP contribution < -0.4 is 0 Å². The molecule has 5 nitrogen and oxygen atoms in total. The fraction of sp³-hybridized carbons (Fsp3) is 0.438. The van der Waals surface area contributed by atoms with Crippen LogP contribution in [0.1, 0.15) is 31.1 Å². The van der Waals surface area contributed by atoms with Gasteiger partial charge in [0, 0.05) is 11.3 Å². The van der Waals surface area contributed by atoms with E-state index >= 15 is 0 Å². The number of hydrogen-bond donors (Lipinski definition) is 0. The molecule has 1 atom stereocenters. The lowest BCUT2D eigenvalue weighted by Gasteiger charge is -2.33. The van der Waals surface area contributed by atoms with E-state index in [9.17, 15) is 14.4 Å². The van der Waals surface area contributed by atoms with Crippen molar-refractivity contribution in [2.45, 2.75) is 31.7 Å². The molecule has 1 amide bonds. The molecule has 0 N–H and O–H groups in total. The molecule has 1 aromatic carbocycles. The molecule has 1 aliphatic heterocycles. The van der Waals surface area contributed by atoms with Crippen LogP contribution in [0.3, 0.4) is 0 Å². The first-order chi connectivity index (χ1) is 10.4. The topological polar surface area (TPSA) is 63.7 Å². The zero-order valence-electron chi connectivity index (χ0n) is 12.9. The van der Waals surface area contributed by atoms with Crippen molar-refractivity contribution in [2.24, 2.45) is 0 Å². The lowest BCUT2D eigenvalue weighted by atomic mass is 10.1. The first-order valence-corrected chi connectivity index (χ1v) is 8.10. The number of thioether (sulfide) groups is 1. The van der Waals surface area contributed by atoms with Crippen LogP contribution >= 0.6 is 11.8 Å². The molecule has 1 saturated heterocycles. The standard InChI is InChI=1S/C16H19NO4S/c1-4-21-15(20)12-10-22-16(2,3)17(12)14(19)13(18)11-8-6-5-7-9-11/h5-9,12H,4,10H2,1-3H3/t12-/m0/s1. The quantitative estimate of drug-likeness (QED) is 0.483. The molecular weight excluding hydrogens is 302 g/mol. The molecule has 0 spiro atoms. The van der Waals surface area contributed by atoms with Crippen LogP contribution in [0.2, 0.25) is 0 Å². The zero-order valence-corrected chi connectivity index (χ0v) is 13.7. The summed E-state index contributed by atoms with van der Waals surface area (Å²) in [6, 6.07) is 7.64. The van der Waals surface area contributed by atoms with E-state index in [1.165, 1.54) is 16.7 Å². The van der Waals surface area contributed by atoms with E-state index in [0.717, 1.165) is 0 Å². The van der Waals surface area contributed by atoms with Gasteiger partial charge in [-0.2, -0.15) is 0 Å². The predicted octanol–water partition coefficient (Wildman–Crippen LogP) is 2.11. The van der Waals surface area contributed by atoms with Crippen molar-refractivity contribution in [1.82, 2.24) is 4.90 Å². The molecule has 1 fully saturated rings. The normalized spacial score (nSPS) is 19.8. The van der Waals surface area contributed by atoms with Gasteiger partial charge < -0.3 is 9.64 Å². The van der Waals surface area contributed by atoms with E-state index in [-0.39, 0.29) is 6.61 Å². The summed E-state index contributed by atoms with van der Waals surface area (Å²) in [7, 11) is 0. The molecule has 22 heavy (non-hydrogen) atoms. The Hall–Kier alpha value is -1.82. The van der Waals surface area contributed by atoms with Crippen molar-refractivity contribution < 1.29 is 19.1 Å². The number of carbonyl (C=O) groups excluding carboxylic acids is 3. The van der Waals surface area contributed by atoms with Crippen molar-refractivity contribution in [3.05, 3.63) is 35.9 Å². The van der Waals surface area contributed by atoms with Crippen LogP contribution in [0.15, 0.2) is 30.3 Å². The Morgan fingerprint density at radius 2 is 1.91 bits per heavy atom. The highest BCUT2D eigenvalue weighted by molar-refractivity contribution is 8.00. The van der Waals surface area contributed by atoms with Gasteiger partial charge in [0.1, 0.15) is 6.04 Å². The van der Waals surface area contributed by atoms with Gasteiger partial charge in [0.2, 0.25) is 5.78 Å². The molecule has 1 aromatic rings. The maximum Gasteiger partial charge on any atom is 0.329 e. The number of hydrogen-bond acceptors (Lipinski definition) is 5. The molecule has 0 aromatic heterocycles. The molecule has 118 valence electrons. The number of esters is 1. The number of benzene rings is 1. The second-order valence-electron chi connectivity index (χ2n) is 5.40. The summed E-state index contributed by atoms with van der Waals surface area (Å²) in [5, 5.41) is 0. The summed E-state index contributed by atoms with van der Waals surface area (Å²) in [5.74, 6) is -1.31. The smallest absolute Gasteiger partial charge is 0.329 e. The van der Waals surface area contributed by atoms with Gasteiger partial charge in [-0.1, -0.05) is 30.3 Å². The Morgan fingerprint density at radius 1 is 1.27 bits per heavy atom. The van der Waals surface area contributed by atoms with E-state index < -0.39 is 28.6 Å². The molecule has 0 radical (unpaired) electrons. The van der Waals surface area contributed by atoms with Gasteiger partial charge in [-0.3, -0.25) is 9.59 Å². The minimum absolute atomic E-state index is 0.245. The van der Waals surface area contributed by atoms with E-state index in [1.807, 2.05) is 13.8 Å². The van der Waals surface area contributed by atoms with Crippen molar-refractivity contribution >= 4 is 29.4 Å². The maximum atomic E-state index is 12.6. The summed E-state index contributed by atoms with van der Waals surface area (Å²) < 4.78 is 5.03. The fourth-order valence-electron chi connectivity index (χ4n) is 2.42. The van der Waals surface area contributed by atoms with Gasteiger partial charge in [0.05, 0.1) is 11.5 Å². The van der Waals surface area contributed by atoms with E-state index in [4.69, 9.17) is 4.74 Å². The lowest BCUT2D eigenvalue weighted by molar-refractivity contribution is -0.153. The molecule has 0 aliphatic carbocycles. The second kappa shape index (κ2) is 6.52. The van der Waals surface area contributed by atoms with Crippen LogP contribution in [-0.2, 0) is 14.3 Å². The minimum atomic E-state index is -0.722. The number of ether oxygens (including phenoxy) is 1. The molecule has 2 rings (SSSR count). The van der Waals surface area contributed by atoms with Crippen LogP contribution in [0, 0.1) is 0 Å². The number of carbonyl (C=O) groups is 3. The predicted molar refractivity (Wildman–Crippen MR) is 84.6 cm³/mol. The number of Topliss-reactive ketones (excluding diaryl/α,β-unsaturated/α-hetero) is 1. The van der Waals surface area contributed by atoms with Crippen LogP contribution in [0.25, 0.3) is 0 Å². The third-order valence-corrected chi connectivity index (χ3v) is 4.88. The number of nitrogens with zero attached hydrogens (tertiary/aromatic N) is 1. The summed E-state index contributed by atoms with van der Waals surface area (Å²) in [6.45, 7) is 5.61. The second-order valence-corrected chi connectivity index (χ2v) is 7.02. The number of ketones is 1. The largest absolute Gasteiger partial charge is 0.464 e. The van der Waals surface area contributed by atoms with E-state index in [2.05, 4.69) is 0 Å². The summed E-state index contributed by atoms with van der Waals surface area (Å²) >= 11 is 1.46. The van der Waals surface area contributed by atoms with E-state index in [0.29, 0.717) is 11.3 Å². The monoisotopic (exact) mass is 321 g/mol. The SMILES string of the molecule is CCOC(=O)[C@@H]1CSC(C)(C)N1C(=O)C(=O)c1ccccc1. The van der Waals surface area contributed by atoms with Crippen LogP contribution in [0.5, 0.6) is 0 Å². The Morgan fingerprint density at radius 3 is 2.50 bits per heavy atom. The Bertz CT molecular complexity index is 585. The number of rotatable bonds is 4.